The summed E-state index contributed by atoms with van der Waals surface area (Å²) in [6.07, 6.45) is 0. The number of nitrogens with one attached hydrogen (secondary N) is 1. The van der Waals surface area contributed by atoms with Gasteiger partial charge in [-0.15, -0.1) is 12.4 Å². The van der Waals surface area contributed by atoms with Gasteiger partial charge in [0, 0.05) is 18.1 Å². The van der Waals surface area contributed by atoms with E-state index in [1.807, 2.05) is 36.4 Å². The molecule has 0 radical (unpaired) electrons. The molecule has 2 nitrogen and oxygen atoms in total. The fourth-order valence-electron chi connectivity index (χ4n) is 2.35. The smallest absolute Gasteiger partial charge is 0.118 e. The number of halogens is 4. The summed E-state index contributed by atoms with van der Waals surface area (Å²) in [6, 6.07) is 13.4. The van der Waals surface area contributed by atoms with Gasteiger partial charge in [0.2, 0.25) is 0 Å². The first-order chi connectivity index (χ1) is 10.1. The molecule has 0 unspecified atom stereocenters. The van der Waals surface area contributed by atoms with Crippen molar-refractivity contribution in [3.8, 4) is 0 Å². The maximum Gasteiger partial charge on any atom is 0.118 e. The highest BCUT2D eigenvalue weighted by molar-refractivity contribution is 6.42. The largest absolute Gasteiger partial charge is 0.363 e. The standard InChI is InChI=1S/C16H14Cl3NO.ClH/c17-13-4-2-12(3-5-13)16(9-20-10-16)21-8-11-1-6-14(18)15(19)7-11;/h1-7,20H,8-10H2;1H. The number of rotatable bonds is 4. The molecule has 0 spiro atoms. The van der Waals surface area contributed by atoms with Gasteiger partial charge in [0.05, 0.1) is 16.7 Å². The zero-order valence-corrected chi connectivity index (χ0v) is 14.7. The third-order valence-corrected chi connectivity index (χ3v) is 4.68. The van der Waals surface area contributed by atoms with E-state index < -0.39 is 0 Å². The minimum absolute atomic E-state index is 0. The lowest BCUT2D eigenvalue weighted by molar-refractivity contribution is -0.0968. The fraction of sp³-hybridized carbons (Fsp3) is 0.250. The Balaban J connectivity index is 0.00000176. The maximum absolute atomic E-state index is 6.17. The van der Waals surface area contributed by atoms with Crippen LogP contribution in [0.3, 0.4) is 0 Å². The quantitative estimate of drug-likeness (QED) is 0.800. The zero-order valence-electron chi connectivity index (χ0n) is 11.6. The van der Waals surface area contributed by atoms with E-state index in [0.717, 1.165) is 29.2 Å². The molecule has 1 aliphatic heterocycles. The van der Waals surface area contributed by atoms with E-state index in [0.29, 0.717) is 16.7 Å². The number of hydrogen-bond acceptors (Lipinski definition) is 2. The normalized spacial score (nSPS) is 15.8. The lowest BCUT2D eigenvalue weighted by Gasteiger charge is -2.43. The Kier molecular flexibility index (Phi) is 6.00. The molecule has 3 rings (SSSR count). The van der Waals surface area contributed by atoms with E-state index in [9.17, 15) is 0 Å². The van der Waals surface area contributed by atoms with Crippen molar-refractivity contribution in [3.05, 3.63) is 68.7 Å². The summed E-state index contributed by atoms with van der Waals surface area (Å²) in [5.74, 6) is 0. The molecule has 0 atom stereocenters. The third kappa shape index (κ3) is 3.70. The van der Waals surface area contributed by atoms with Crippen LogP contribution in [0.4, 0.5) is 0 Å². The van der Waals surface area contributed by atoms with Gasteiger partial charge in [-0.25, -0.2) is 0 Å². The van der Waals surface area contributed by atoms with E-state index >= 15 is 0 Å². The molecule has 0 aliphatic carbocycles. The number of ether oxygens (including phenoxy) is 1. The van der Waals surface area contributed by atoms with Crippen molar-refractivity contribution in [3.63, 3.8) is 0 Å². The molecule has 2 aromatic carbocycles. The third-order valence-electron chi connectivity index (χ3n) is 3.69. The van der Waals surface area contributed by atoms with Crippen LogP contribution < -0.4 is 5.32 Å². The van der Waals surface area contributed by atoms with Gasteiger partial charge in [-0.1, -0.05) is 53.0 Å². The van der Waals surface area contributed by atoms with E-state index in [2.05, 4.69) is 5.32 Å². The van der Waals surface area contributed by atoms with Crippen LogP contribution >= 0.6 is 47.2 Å². The Labute approximate surface area is 151 Å². The van der Waals surface area contributed by atoms with Crippen molar-refractivity contribution >= 4 is 47.2 Å². The summed E-state index contributed by atoms with van der Waals surface area (Å²) in [5.41, 5.74) is 1.84. The summed E-state index contributed by atoms with van der Waals surface area (Å²) in [5, 5.41) is 5.09. The topological polar surface area (TPSA) is 21.3 Å². The number of hydrogen-bond donors (Lipinski definition) is 1. The van der Waals surface area contributed by atoms with Gasteiger partial charge < -0.3 is 10.1 Å². The van der Waals surface area contributed by atoms with Crippen molar-refractivity contribution in [1.29, 1.82) is 0 Å². The van der Waals surface area contributed by atoms with Crippen LogP contribution in [-0.2, 0) is 16.9 Å². The minimum Gasteiger partial charge on any atom is -0.363 e. The van der Waals surface area contributed by atoms with Crippen LogP contribution in [0, 0.1) is 0 Å². The molecular weight excluding hydrogens is 364 g/mol. The monoisotopic (exact) mass is 377 g/mol. The van der Waals surface area contributed by atoms with Crippen molar-refractivity contribution in [2.45, 2.75) is 12.2 Å². The van der Waals surface area contributed by atoms with Gasteiger partial charge in [-0.05, 0) is 35.4 Å². The Bertz CT molecular complexity index is 641. The lowest BCUT2D eigenvalue weighted by atomic mass is 9.88. The van der Waals surface area contributed by atoms with Crippen LogP contribution in [0.5, 0.6) is 0 Å². The van der Waals surface area contributed by atoms with E-state index in [-0.39, 0.29) is 18.0 Å². The molecule has 1 saturated heterocycles. The first kappa shape index (κ1) is 17.9. The summed E-state index contributed by atoms with van der Waals surface area (Å²) < 4.78 is 6.17. The second-order valence-corrected chi connectivity index (χ2v) is 6.39. The fourth-order valence-corrected chi connectivity index (χ4v) is 2.79. The summed E-state index contributed by atoms with van der Waals surface area (Å²) in [7, 11) is 0. The average Bonchev–Trinajstić information content (AvgIpc) is 2.43. The van der Waals surface area contributed by atoms with Gasteiger partial charge in [-0.2, -0.15) is 0 Å². The van der Waals surface area contributed by atoms with Crippen molar-refractivity contribution in [1.82, 2.24) is 5.32 Å². The van der Waals surface area contributed by atoms with E-state index in [4.69, 9.17) is 39.5 Å². The highest BCUT2D eigenvalue weighted by Gasteiger charge is 2.39. The van der Waals surface area contributed by atoms with Crippen molar-refractivity contribution in [2.24, 2.45) is 0 Å². The molecule has 2 aromatic rings. The van der Waals surface area contributed by atoms with Crippen LogP contribution in [0.2, 0.25) is 15.1 Å². The minimum atomic E-state index is -0.295. The zero-order chi connectivity index (χ0) is 14.9. The van der Waals surface area contributed by atoms with Crippen molar-refractivity contribution in [2.75, 3.05) is 13.1 Å². The second kappa shape index (κ2) is 7.39. The second-order valence-electron chi connectivity index (χ2n) is 5.14. The van der Waals surface area contributed by atoms with Gasteiger partial charge in [0.1, 0.15) is 5.60 Å². The maximum atomic E-state index is 6.17. The molecule has 1 N–H and O–H groups in total. The average molecular weight is 379 g/mol. The molecule has 0 amide bonds. The number of benzene rings is 2. The molecular formula is C16H15Cl4NO. The van der Waals surface area contributed by atoms with E-state index in [1.165, 1.54) is 0 Å². The molecule has 118 valence electrons. The Morgan fingerprint density at radius 3 is 2.18 bits per heavy atom. The summed E-state index contributed by atoms with van der Waals surface area (Å²) in [4.78, 5) is 0. The van der Waals surface area contributed by atoms with Crippen LogP contribution in [0.15, 0.2) is 42.5 Å². The Morgan fingerprint density at radius 1 is 0.955 bits per heavy atom. The van der Waals surface area contributed by atoms with Gasteiger partial charge >= 0.3 is 0 Å². The molecule has 22 heavy (non-hydrogen) atoms. The van der Waals surface area contributed by atoms with Gasteiger partial charge in [0.25, 0.3) is 0 Å². The molecule has 0 bridgehead atoms. The highest BCUT2D eigenvalue weighted by atomic mass is 35.5. The van der Waals surface area contributed by atoms with E-state index in [1.54, 1.807) is 6.07 Å². The molecule has 1 fully saturated rings. The van der Waals surface area contributed by atoms with Crippen LogP contribution in [0.25, 0.3) is 0 Å². The Hall–Kier alpha value is -0.480. The summed E-state index contributed by atoms with van der Waals surface area (Å²) in [6.45, 7) is 2.06. The van der Waals surface area contributed by atoms with Crippen molar-refractivity contribution < 1.29 is 4.74 Å². The molecule has 0 saturated carbocycles. The molecule has 1 aliphatic rings. The summed E-state index contributed by atoms with van der Waals surface area (Å²) >= 11 is 17.9. The molecule has 0 aromatic heterocycles. The predicted molar refractivity (Wildman–Crippen MR) is 94.5 cm³/mol. The van der Waals surface area contributed by atoms with Crippen LogP contribution in [0.1, 0.15) is 11.1 Å². The lowest BCUT2D eigenvalue weighted by Crippen LogP contribution is -2.58. The van der Waals surface area contributed by atoms with Gasteiger partial charge in [0.15, 0.2) is 0 Å². The van der Waals surface area contributed by atoms with Gasteiger partial charge in [-0.3, -0.25) is 0 Å². The Morgan fingerprint density at radius 2 is 1.64 bits per heavy atom. The molecule has 6 heteroatoms. The first-order valence-electron chi connectivity index (χ1n) is 6.64. The first-order valence-corrected chi connectivity index (χ1v) is 7.77. The highest BCUT2D eigenvalue weighted by Crippen LogP contribution is 2.32. The predicted octanol–water partition coefficient (Wildman–Crippen LogP) is 5.08. The van der Waals surface area contributed by atoms with Crippen LogP contribution in [-0.4, -0.2) is 13.1 Å². The SMILES string of the molecule is Cl.Clc1ccc(C2(OCc3ccc(Cl)c(Cl)c3)CNC2)cc1. The molecule has 1 heterocycles.